The third kappa shape index (κ3) is 4.30. The Kier molecular flexibility index (Phi) is 5.61. The Labute approximate surface area is 163 Å². The van der Waals surface area contributed by atoms with E-state index in [2.05, 4.69) is 5.32 Å². The van der Waals surface area contributed by atoms with Crippen molar-refractivity contribution in [1.82, 2.24) is 5.32 Å². The highest BCUT2D eigenvalue weighted by Gasteiger charge is 2.17. The third-order valence-corrected chi connectivity index (χ3v) is 4.86. The van der Waals surface area contributed by atoms with Crippen molar-refractivity contribution in [3.8, 4) is 10.4 Å². The van der Waals surface area contributed by atoms with Crippen LogP contribution in [0.2, 0.25) is 0 Å². The first-order valence-corrected chi connectivity index (χ1v) is 8.92. The number of carboxylic acids is 1. The minimum atomic E-state index is -1.29. The molecule has 0 saturated heterocycles. The Morgan fingerprint density at radius 3 is 2.36 bits per heavy atom. The number of benzene rings is 2. The number of carbonyl (C=O) groups excluding carboxylic acids is 1. The summed E-state index contributed by atoms with van der Waals surface area (Å²) in [6.45, 7) is 0. The summed E-state index contributed by atoms with van der Waals surface area (Å²) in [4.78, 5) is 35.6. The number of rotatable bonds is 6. The Morgan fingerprint density at radius 2 is 1.68 bits per heavy atom. The number of nitrogens with zero attached hydrogens (tertiary/aromatic N) is 1. The molecular weight excluding hydrogens is 380 g/mol. The lowest BCUT2D eigenvalue weighted by atomic mass is 10.1. The number of carboxylic acid groups (broad SMARTS) is 1. The standard InChI is InChI=1S/C20H14N2O5S/c23-19(13-6-2-1-3-7-13)21-16(20(24)25)12-14-10-11-18(28-14)15-8-4-5-9-17(15)22(26)27/h1-12H,(H,21,23)(H,24,25)/b16-12+. The van der Waals surface area contributed by atoms with E-state index < -0.39 is 16.8 Å². The van der Waals surface area contributed by atoms with Crippen molar-refractivity contribution in [2.75, 3.05) is 0 Å². The molecule has 0 bridgehead atoms. The first kappa shape index (κ1) is 19.0. The van der Waals surface area contributed by atoms with Gasteiger partial charge in [0.15, 0.2) is 0 Å². The van der Waals surface area contributed by atoms with Crippen molar-refractivity contribution in [3.63, 3.8) is 0 Å². The average Bonchev–Trinajstić information content (AvgIpc) is 3.16. The van der Waals surface area contributed by atoms with E-state index in [4.69, 9.17) is 0 Å². The molecule has 0 spiro atoms. The number of nitrogens with one attached hydrogen (secondary N) is 1. The van der Waals surface area contributed by atoms with Crippen molar-refractivity contribution in [1.29, 1.82) is 0 Å². The van der Waals surface area contributed by atoms with Gasteiger partial charge in [0, 0.05) is 21.4 Å². The topological polar surface area (TPSA) is 110 Å². The van der Waals surface area contributed by atoms with Crippen molar-refractivity contribution < 1.29 is 19.6 Å². The molecule has 1 aromatic heterocycles. The Hall–Kier alpha value is -3.78. The number of hydrogen-bond donors (Lipinski definition) is 2. The minimum absolute atomic E-state index is 0.0317. The molecular formula is C20H14N2O5S. The zero-order valence-corrected chi connectivity index (χ0v) is 15.2. The molecule has 0 aliphatic heterocycles. The number of amides is 1. The Bertz CT molecular complexity index is 1070. The lowest BCUT2D eigenvalue weighted by Gasteiger charge is -2.05. The maximum atomic E-state index is 12.2. The van der Waals surface area contributed by atoms with Crippen molar-refractivity contribution in [2.45, 2.75) is 0 Å². The number of nitro groups is 1. The molecule has 0 fully saturated rings. The number of hydrogen-bond acceptors (Lipinski definition) is 5. The van der Waals surface area contributed by atoms with Gasteiger partial charge < -0.3 is 10.4 Å². The lowest BCUT2D eigenvalue weighted by Crippen LogP contribution is -2.27. The van der Waals surface area contributed by atoms with E-state index in [0.717, 1.165) is 0 Å². The summed E-state index contributed by atoms with van der Waals surface area (Å²) in [5.74, 6) is -1.82. The van der Waals surface area contributed by atoms with E-state index in [1.807, 2.05) is 0 Å². The molecule has 0 unspecified atom stereocenters. The van der Waals surface area contributed by atoms with Gasteiger partial charge in [-0.1, -0.05) is 30.3 Å². The van der Waals surface area contributed by atoms with Gasteiger partial charge in [-0.15, -0.1) is 11.3 Å². The maximum Gasteiger partial charge on any atom is 0.352 e. The molecule has 7 nitrogen and oxygen atoms in total. The molecule has 1 heterocycles. The second-order valence-corrected chi connectivity index (χ2v) is 6.77. The summed E-state index contributed by atoms with van der Waals surface area (Å²) in [6, 6.07) is 17.9. The van der Waals surface area contributed by atoms with E-state index in [0.29, 0.717) is 20.9 Å². The van der Waals surface area contributed by atoms with Gasteiger partial charge in [0.2, 0.25) is 0 Å². The van der Waals surface area contributed by atoms with Gasteiger partial charge in [-0.25, -0.2) is 4.79 Å². The molecule has 28 heavy (non-hydrogen) atoms. The average molecular weight is 394 g/mol. The quantitative estimate of drug-likeness (QED) is 0.370. The smallest absolute Gasteiger partial charge is 0.352 e. The van der Waals surface area contributed by atoms with E-state index >= 15 is 0 Å². The zero-order chi connectivity index (χ0) is 20.1. The van der Waals surface area contributed by atoms with Crippen LogP contribution in [0.4, 0.5) is 5.69 Å². The summed E-state index contributed by atoms with van der Waals surface area (Å²) in [5.41, 5.74) is 0.462. The molecule has 1 amide bonds. The molecule has 2 N–H and O–H groups in total. The van der Waals surface area contributed by atoms with Crippen LogP contribution in [0, 0.1) is 10.1 Å². The first-order chi connectivity index (χ1) is 13.5. The highest BCUT2D eigenvalue weighted by Crippen LogP contribution is 2.35. The zero-order valence-electron chi connectivity index (χ0n) is 14.4. The molecule has 0 aliphatic carbocycles. The van der Waals surface area contributed by atoms with Gasteiger partial charge in [-0.3, -0.25) is 14.9 Å². The summed E-state index contributed by atoms with van der Waals surface area (Å²) in [7, 11) is 0. The van der Waals surface area contributed by atoms with Gasteiger partial charge in [0.05, 0.1) is 10.5 Å². The van der Waals surface area contributed by atoms with E-state index in [-0.39, 0.29) is 11.4 Å². The van der Waals surface area contributed by atoms with Gasteiger partial charge in [0.25, 0.3) is 11.6 Å². The second kappa shape index (κ2) is 8.28. The molecule has 0 aliphatic rings. The highest BCUT2D eigenvalue weighted by atomic mass is 32.1. The first-order valence-electron chi connectivity index (χ1n) is 8.10. The predicted molar refractivity (Wildman–Crippen MR) is 106 cm³/mol. The summed E-state index contributed by atoms with van der Waals surface area (Å²) >= 11 is 1.19. The normalized spacial score (nSPS) is 11.1. The molecule has 0 saturated carbocycles. The van der Waals surface area contributed by atoms with Gasteiger partial charge in [-0.2, -0.15) is 0 Å². The molecule has 140 valence electrons. The van der Waals surface area contributed by atoms with Gasteiger partial charge in [-0.05, 0) is 36.4 Å². The van der Waals surface area contributed by atoms with Crippen LogP contribution in [0.25, 0.3) is 16.5 Å². The third-order valence-electron chi connectivity index (χ3n) is 3.79. The molecule has 8 heteroatoms. The number of thiophene rings is 1. The van der Waals surface area contributed by atoms with Crippen molar-refractivity contribution in [3.05, 3.63) is 93.0 Å². The van der Waals surface area contributed by atoms with Crippen LogP contribution < -0.4 is 5.32 Å². The Balaban J connectivity index is 1.88. The lowest BCUT2D eigenvalue weighted by molar-refractivity contribution is -0.384. The van der Waals surface area contributed by atoms with Crippen LogP contribution in [-0.2, 0) is 4.79 Å². The number of aliphatic carboxylic acids is 1. The van der Waals surface area contributed by atoms with Crippen LogP contribution in [0.15, 0.2) is 72.4 Å². The largest absolute Gasteiger partial charge is 0.477 e. The number of nitro benzene ring substituents is 1. The van der Waals surface area contributed by atoms with Gasteiger partial charge >= 0.3 is 5.97 Å². The molecule has 3 aromatic rings. The SMILES string of the molecule is O=C(O)/C(=C\c1ccc(-c2ccccc2[N+](=O)[O-])s1)NC(=O)c1ccccc1. The van der Waals surface area contributed by atoms with E-state index in [9.17, 15) is 24.8 Å². The number of para-hydroxylation sites is 1. The van der Waals surface area contributed by atoms with Gasteiger partial charge in [0.1, 0.15) is 5.70 Å². The fourth-order valence-electron chi connectivity index (χ4n) is 2.49. The van der Waals surface area contributed by atoms with Crippen molar-refractivity contribution >= 4 is 35.0 Å². The van der Waals surface area contributed by atoms with Crippen LogP contribution in [0.5, 0.6) is 0 Å². The summed E-state index contributed by atoms with van der Waals surface area (Å²) in [5, 5.41) is 23.0. The maximum absolute atomic E-state index is 12.2. The summed E-state index contributed by atoms with van der Waals surface area (Å²) < 4.78 is 0. The Morgan fingerprint density at radius 1 is 1.00 bits per heavy atom. The van der Waals surface area contributed by atoms with Crippen LogP contribution in [-0.4, -0.2) is 21.9 Å². The highest BCUT2D eigenvalue weighted by molar-refractivity contribution is 7.16. The predicted octanol–water partition coefficient (Wildman–Crippen LogP) is 4.18. The van der Waals surface area contributed by atoms with Crippen molar-refractivity contribution in [2.24, 2.45) is 0 Å². The summed E-state index contributed by atoms with van der Waals surface area (Å²) in [6.07, 6.45) is 1.33. The van der Waals surface area contributed by atoms with Crippen LogP contribution in [0.1, 0.15) is 15.2 Å². The fraction of sp³-hybridized carbons (Fsp3) is 0. The van der Waals surface area contributed by atoms with Crippen LogP contribution in [0.3, 0.4) is 0 Å². The molecule has 2 aromatic carbocycles. The fourth-order valence-corrected chi connectivity index (χ4v) is 3.48. The molecule has 0 atom stereocenters. The van der Waals surface area contributed by atoms with Crippen LogP contribution >= 0.6 is 11.3 Å². The minimum Gasteiger partial charge on any atom is -0.477 e. The van der Waals surface area contributed by atoms with E-state index in [1.165, 1.54) is 23.5 Å². The number of carbonyl (C=O) groups is 2. The van der Waals surface area contributed by atoms with E-state index in [1.54, 1.807) is 60.7 Å². The monoisotopic (exact) mass is 394 g/mol. The molecule has 0 radical (unpaired) electrons. The second-order valence-electron chi connectivity index (χ2n) is 5.66. The molecule has 3 rings (SSSR count).